The third-order valence-corrected chi connectivity index (χ3v) is 5.60. The van der Waals surface area contributed by atoms with Crippen LogP contribution in [0.1, 0.15) is 84.6 Å². The molecule has 0 aliphatic heterocycles. The number of carbonyl (C=O) groups excluding carboxylic acids is 2. The van der Waals surface area contributed by atoms with Crippen LogP contribution < -0.4 is 5.32 Å². The molecule has 148 valence electrons. The maximum atomic E-state index is 12.3. The van der Waals surface area contributed by atoms with Gasteiger partial charge in [0.15, 0.2) is 11.6 Å². The molecule has 0 saturated carbocycles. The van der Waals surface area contributed by atoms with E-state index in [4.69, 9.17) is 9.97 Å². The maximum absolute atomic E-state index is 12.3. The van der Waals surface area contributed by atoms with Gasteiger partial charge in [0.05, 0.1) is 17.1 Å². The van der Waals surface area contributed by atoms with Gasteiger partial charge in [0, 0.05) is 29.2 Å². The summed E-state index contributed by atoms with van der Waals surface area (Å²) in [6.07, 6.45) is 4.03. The van der Waals surface area contributed by atoms with Crippen molar-refractivity contribution >= 4 is 17.4 Å². The minimum atomic E-state index is -0.0593. The van der Waals surface area contributed by atoms with Crippen LogP contribution in [0.15, 0.2) is 12.1 Å². The Kier molecular flexibility index (Phi) is 5.92. The van der Waals surface area contributed by atoms with E-state index in [9.17, 15) is 9.59 Å². The molecule has 1 aromatic heterocycles. The van der Waals surface area contributed by atoms with Crippen molar-refractivity contribution in [3.05, 3.63) is 40.2 Å². The van der Waals surface area contributed by atoms with Crippen LogP contribution in [0.3, 0.4) is 0 Å². The van der Waals surface area contributed by atoms with E-state index in [0.29, 0.717) is 23.6 Å². The Morgan fingerprint density at radius 1 is 1.11 bits per heavy atom. The highest BCUT2D eigenvalue weighted by Crippen LogP contribution is 2.33. The summed E-state index contributed by atoms with van der Waals surface area (Å²) in [5, 5.41) is 3.52. The van der Waals surface area contributed by atoms with Crippen molar-refractivity contribution in [1.29, 1.82) is 0 Å². The van der Waals surface area contributed by atoms with E-state index < -0.39 is 0 Å². The third kappa shape index (κ3) is 3.71. The van der Waals surface area contributed by atoms with E-state index in [2.05, 4.69) is 26.1 Å². The predicted molar refractivity (Wildman–Crippen MR) is 112 cm³/mol. The molecule has 0 fully saturated rings. The fourth-order valence-electron chi connectivity index (χ4n) is 3.84. The van der Waals surface area contributed by atoms with Gasteiger partial charge in [0.1, 0.15) is 5.82 Å². The molecule has 0 spiro atoms. The van der Waals surface area contributed by atoms with Gasteiger partial charge in [-0.2, -0.15) is 0 Å². The molecule has 3 rings (SSSR count). The number of hydrogen-bond donors (Lipinski definition) is 1. The molecule has 28 heavy (non-hydrogen) atoms. The standard InChI is InChI=1S/C23H29N3O2/c1-6-16(7-2)25-23-20(8-3)26-22(13(4)24-23)19-11-15-9-10-21(28)18(15)12-17(19)14(5)27/h11-12,16H,6-10H2,1-5H3,(H,24,25). The van der Waals surface area contributed by atoms with Crippen molar-refractivity contribution in [2.75, 3.05) is 5.32 Å². The van der Waals surface area contributed by atoms with Gasteiger partial charge in [0.2, 0.25) is 0 Å². The molecule has 5 heteroatoms. The molecule has 1 aliphatic rings. The lowest BCUT2D eigenvalue weighted by Crippen LogP contribution is -2.20. The molecule has 0 unspecified atom stereocenters. The van der Waals surface area contributed by atoms with E-state index in [-0.39, 0.29) is 11.6 Å². The van der Waals surface area contributed by atoms with E-state index in [1.165, 1.54) is 6.92 Å². The lowest BCUT2D eigenvalue weighted by atomic mass is 9.94. The average Bonchev–Trinajstić information content (AvgIpc) is 3.05. The number of nitrogens with one attached hydrogen (secondary N) is 1. The topological polar surface area (TPSA) is 72.0 Å². The molecule has 0 saturated heterocycles. The number of anilines is 1. The molecular weight excluding hydrogens is 350 g/mol. The summed E-state index contributed by atoms with van der Waals surface area (Å²) in [5.74, 6) is 0.889. The number of benzene rings is 1. The van der Waals surface area contributed by atoms with Crippen molar-refractivity contribution < 1.29 is 9.59 Å². The highest BCUT2D eigenvalue weighted by molar-refractivity contribution is 6.07. The van der Waals surface area contributed by atoms with Crippen molar-refractivity contribution in [3.8, 4) is 11.3 Å². The molecule has 0 radical (unpaired) electrons. The number of fused-ring (bicyclic) bond motifs is 1. The maximum Gasteiger partial charge on any atom is 0.163 e. The summed E-state index contributed by atoms with van der Waals surface area (Å²) < 4.78 is 0. The molecule has 0 atom stereocenters. The van der Waals surface area contributed by atoms with Gasteiger partial charge in [-0.1, -0.05) is 20.8 Å². The molecule has 1 aromatic carbocycles. The first kappa shape index (κ1) is 20.2. The summed E-state index contributed by atoms with van der Waals surface area (Å²) in [7, 11) is 0. The number of rotatable bonds is 7. The normalized spacial score (nSPS) is 13.1. The summed E-state index contributed by atoms with van der Waals surface area (Å²) in [5.41, 5.74) is 5.45. The minimum Gasteiger partial charge on any atom is -0.366 e. The fraction of sp³-hybridized carbons (Fsp3) is 0.478. The Morgan fingerprint density at radius 2 is 1.82 bits per heavy atom. The van der Waals surface area contributed by atoms with Gasteiger partial charge < -0.3 is 5.32 Å². The van der Waals surface area contributed by atoms with Crippen LogP contribution in [0.5, 0.6) is 0 Å². The second kappa shape index (κ2) is 8.21. The first-order valence-corrected chi connectivity index (χ1v) is 10.2. The van der Waals surface area contributed by atoms with Gasteiger partial charge in [-0.15, -0.1) is 0 Å². The van der Waals surface area contributed by atoms with E-state index in [1.807, 2.05) is 13.0 Å². The first-order valence-electron chi connectivity index (χ1n) is 10.2. The largest absolute Gasteiger partial charge is 0.366 e. The highest BCUT2D eigenvalue weighted by atomic mass is 16.1. The van der Waals surface area contributed by atoms with Crippen LogP contribution >= 0.6 is 0 Å². The Labute approximate surface area is 167 Å². The number of ketones is 2. The molecular formula is C23H29N3O2. The van der Waals surface area contributed by atoms with E-state index in [0.717, 1.165) is 59.7 Å². The molecule has 0 amide bonds. The number of nitrogens with zero attached hydrogens (tertiary/aromatic N) is 2. The number of Topliss-reactive ketones (excluding diaryl/α,β-unsaturated/α-hetero) is 2. The molecule has 1 N–H and O–H groups in total. The van der Waals surface area contributed by atoms with Crippen LogP contribution in [-0.2, 0) is 12.8 Å². The predicted octanol–water partition coefficient (Wildman–Crippen LogP) is 4.95. The summed E-state index contributed by atoms with van der Waals surface area (Å²) >= 11 is 0. The Balaban J connectivity index is 2.14. The average molecular weight is 380 g/mol. The van der Waals surface area contributed by atoms with Crippen molar-refractivity contribution in [2.24, 2.45) is 0 Å². The number of carbonyl (C=O) groups is 2. The molecule has 1 aliphatic carbocycles. The zero-order chi connectivity index (χ0) is 20.4. The number of hydrogen-bond acceptors (Lipinski definition) is 5. The zero-order valence-electron chi connectivity index (χ0n) is 17.5. The van der Waals surface area contributed by atoms with Crippen LogP contribution in [0.2, 0.25) is 0 Å². The van der Waals surface area contributed by atoms with Crippen molar-refractivity contribution in [2.45, 2.75) is 72.8 Å². The highest BCUT2D eigenvalue weighted by Gasteiger charge is 2.25. The van der Waals surface area contributed by atoms with Gasteiger partial charge in [-0.05, 0) is 57.2 Å². The van der Waals surface area contributed by atoms with Gasteiger partial charge in [0.25, 0.3) is 0 Å². The number of aryl methyl sites for hydroxylation is 3. The second-order valence-corrected chi connectivity index (χ2v) is 7.50. The second-order valence-electron chi connectivity index (χ2n) is 7.50. The quantitative estimate of drug-likeness (QED) is 0.689. The van der Waals surface area contributed by atoms with E-state index in [1.54, 1.807) is 6.07 Å². The Morgan fingerprint density at radius 3 is 2.43 bits per heavy atom. The van der Waals surface area contributed by atoms with Crippen LogP contribution in [0, 0.1) is 6.92 Å². The monoisotopic (exact) mass is 379 g/mol. The van der Waals surface area contributed by atoms with Crippen LogP contribution in [0.25, 0.3) is 11.3 Å². The SMILES string of the molecule is CCc1nc(-c2cc3c(cc2C(C)=O)C(=O)CC3)c(C)nc1NC(CC)CC. The third-order valence-electron chi connectivity index (χ3n) is 5.60. The summed E-state index contributed by atoms with van der Waals surface area (Å²) in [4.78, 5) is 34.2. The Hall–Kier alpha value is -2.56. The Bertz CT molecular complexity index is 930. The summed E-state index contributed by atoms with van der Waals surface area (Å²) in [6.45, 7) is 9.85. The first-order chi connectivity index (χ1) is 13.4. The minimum absolute atomic E-state index is 0.0593. The smallest absolute Gasteiger partial charge is 0.163 e. The lowest BCUT2D eigenvalue weighted by molar-refractivity contribution is 0.0994. The van der Waals surface area contributed by atoms with Gasteiger partial charge in [-0.25, -0.2) is 9.97 Å². The van der Waals surface area contributed by atoms with Crippen molar-refractivity contribution in [3.63, 3.8) is 0 Å². The van der Waals surface area contributed by atoms with Crippen LogP contribution in [-0.4, -0.2) is 27.6 Å². The molecule has 2 aromatic rings. The number of aromatic nitrogens is 2. The van der Waals surface area contributed by atoms with E-state index >= 15 is 0 Å². The lowest BCUT2D eigenvalue weighted by Gasteiger charge is -2.20. The van der Waals surface area contributed by atoms with Gasteiger partial charge >= 0.3 is 0 Å². The van der Waals surface area contributed by atoms with Crippen molar-refractivity contribution in [1.82, 2.24) is 9.97 Å². The molecule has 1 heterocycles. The van der Waals surface area contributed by atoms with Crippen LogP contribution in [0.4, 0.5) is 5.82 Å². The summed E-state index contributed by atoms with van der Waals surface area (Å²) in [6, 6.07) is 4.09. The zero-order valence-corrected chi connectivity index (χ0v) is 17.5. The van der Waals surface area contributed by atoms with Gasteiger partial charge in [-0.3, -0.25) is 9.59 Å². The molecule has 5 nitrogen and oxygen atoms in total. The molecule has 0 bridgehead atoms. The fourth-order valence-corrected chi connectivity index (χ4v) is 3.84.